The third kappa shape index (κ3) is 3.86. The van der Waals surface area contributed by atoms with Crippen LogP contribution in [-0.4, -0.2) is 12.6 Å². The van der Waals surface area contributed by atoms with Crippen LogP contribution >= 0.6 is 0 Å². The van der Waals surface area contributed by atoms with Crippen molar-refractivity contribution in [2.45, 2.75) is 64.7 Å². The number of carbonyl (C=O) groups excluding carboxylic acids is 1. The Bertz CT molecular complexity index is 298. The van der Waals surface area contributed by atoms with Crippen LogP contribution in [0.1, 0.15) is 64.7 Å². The molecule has 1 saturated carbocycles. The van der Waals surface area contributed by atoms with E-state index in [0.717, 1.165) is 5.92 Å². The molecule has 2 nitrogen and oxygen atoms in total. The Kier molecular flexibility index (Phi) is 5.27. The molecule has 0 unspecified atom stereocenters. The van der Waals surface area contributed by atoms with Crippen molar-refractivity contribution in [1.82, 2.24) is 0 Å². The van der Waals surface area contributed by atoms with Crippen LogP contribution in [-0.2, 0) is 9.53 Å². The number of unbranched alkanes of at least 4 members (excludes halogenated alkanes) is 2. The molecule has 2 rings (SSSR count). The average Bonchev–Trinajstić information content (AvgIpc) is 2.41. The molecule has 0 aromatic heterocycles. The summed E-state index contributed by atoms with van der Waals surface area (Å²) in [5.74, 6) is 1.59. The molecule has 0 bridgehead atoms. The van der Waals surface area contributed by atoms with E-state index >= 15 is 0 Å². The lowest BCUT2D eigenvalue weighted by molar-refractivity contribution is -0.142. The van der Waals surface area contributed by atoms with Crippen LogP contribution < -0.4 is 0 Å². The molecule has 18 heavy (non-hydrogen) atoms. The van der Waals surface area contributed by atoms with Crippen LogP contribution in [0.3, 0.4) is 0 Å². The van der Waals surface area contributed by atoms with Crippen molar-refractivity contribution in [2.75, 3.05) is 6.61 Å². The molecular formula is C16H26O2. The molecule has 0 spiro atoms. The topological polar surface area (TPSA) is 26.3 Å². The summed E-state index contributed by atoms with van der Waals surface area (Å²) in [7, 11) is 0. The number of hydrogen-bond acceptors (Lipinski definition) is 2. The van der Waals surface area contributed by atoms with Crippen LogP contribution in [0.2, 0.25) is 0 Å². The van der Waals surface area contributed by atoms with E-state index in [2.05, 4.69) is 13.0 Å². The minimum absolute atomic E-state index is 0.0630. The lowest BCUT2D eigenvalue weighted by Gasteiger charge is -2.31. The van der Waals surface area contributed by atoms with Gasteiger partial charge in [0.15, 0.2) is 0 Å². The summed E-state index contributed by atoms with van der Waals surface area (Å²) >= 11 is 0. The molecule has 0 radical (unpaired) electrons. The molecular weight excluding hydrogens is 224 g/mol. The molecule has 1 aliphatic heterocycles. The lowest BCUT2D eigenvalue weighted by Crippen LogP contribution is -2.22. The molecule has 2 heteroatoms. The highest BCUT2D eigenvalue weighted by molar-refractivity contribution is 5.72. The van der Waals surface area contributed by atoms with Gasteiger partial charge in [0.1, 0.15) is 6.61 Å². The monoisotopic (exact) mass is 250 g/mol. The number of ether oxygens (including phenoxy) is 1. The Labute approximate surface area is 111 Å². The Morgan fingerprint density at radius 2 is 2.00 bits per heavy atom. The summed E-state index contributed by atoms with van der Waals surface area (Å²) in [6, 6.07) is 0. The van der Waals surface area contributed by atoms with E-state index in [-0.39, 0.29) is 5.97 Å². The molecule has 0 N–H and O–H groups in total. The van der Waals surface area contributed by atoms with E-state index in [0.29, 0.717) is 18.9 Å². The third-order valence-corrected chi connectivity index (χ3v) is 4.52. The molecule has 1 fully saturated rings. The molecule has 2 aliphatic rings. The highest BCUT2D eigenvalue weighted by Gasteiger charge is 2.25. The highest BCUT2D eigenvalue weighted by Crippen LogP contribution is 2.36. The van der Waals surface area contributed by atoms with Gasteiger partial charge in [0.2, 0.25) is 0 Å². The first-order valence-electron chi connectivity index (χ1n) is 7.64. The van der Waals surface area contributed by atoms with Crippen molar-refractivity contribution in [3.63, 3.8) is 0 Å². The molecule has 1 aliphatic carbocycles. The maximum absolute atomic E-state index is 11.0. The van der Waals surface area contributed by atoms with Gasteiger partial charge in [-0.05, 0) is 43.1 Å². The van der Waals surface area contributed by atoms with Gasteiger partial charge in [-0.25, -0.2) is 0 Å². The zero-order valence-corrected chi connectivity index (χ0v) is 11.6. The van der Waals surface area contributed by atoms with E-state index in [1.165, 1.54) is 56.9 Å². The molecule has 0 amide bonds. The van der Waals surface area contributed by atoms with Gasteiger partial charge < -0.3 is 4.74 Å². The van der Waals surface area contributed by atoms with Crippen molar-refractivity contribution < 1.29 is 9.53 Å². The zero-order valence-electron chi connectivity index (χ0n) is 11.6. The van der Waals surface area contributed by atoms with Crippen molar-refractivity contribution in [1.29, 1.82) is 0 Å². The number of carbonyl (C=O) groups is 1. The predicted octanol–water partition coefficient (Wildman–Crippen LogP) is 4.25. The second-order valence-electron chi connectivity index (χ2n) is 5.86. The smallest absolute Gasteiger partial charge is 0.309 e. The molecule has 1 heterocycles. The Morgan fingerprint density at radius 1 is 1.22 bits per heavy atom. The standard InChI is InChI=1S/C16H26O2/c1-2-3-4-5-13-6-8-14(9-7-13)15-10-11-16(17)18-12-15/h10,13-14H,2-9,11-12H2,1H3. The lowest BCUT2D eigenvalue weighted by atomic mass is 9.76. The summed E-state index contributed by atoms with van der Waals surface area (Å²) in [5, 5.41) is 0. The maximum atomic E-state index is 11.0. The van der Waals surface area contributed by atoms with Crippen molar-refractivity contribution in [3.8, 4) is 0 Å². The Balaban J connectivity index is 1.71. The summed E-state index contributed by atoms with van der Waals surface area (Å²) in [4.78, 5) is 11.0. The highest BCUT2D eigenvalue weighted by atomic mass is 16.5. The van der Waals surface area contributed by atoms with Crippen molar-refractivity contribution >= 4 is 5.97 Å². The number of rotatable bonds is 5. The fourth-order valence-electron chi connectivity index (χ4n) is 3.29. The quantitative estimate of drug-likeness (QED) is 0.414. The fourth-order valence-corrected chi connectivity index (χ4v) is 3.29. The second kappa shape index (κ2) is 6.96. The van der Waals surface area contributed by atoms with E-state index in [1.807, 2.05) is 0 Å². The fraction of sp³-hybridized carbons (Fsp3) is 0.812. The molecule has 0 aromatic carbocycles. The van der Waals surface area contributed by atoms with Gasteiger partial charge in [-0.1, -0.05) is 38.7 Å². The van der Waals surface area contributed by atoms with E-state index in [9.17, 15) is 4.79 Å². The van der Waals surface area contributed by atoms with Crippen LogP contribution in [0.5, 0.6) is 0 Å². The van der Waals surface area contributed by atoms with Gasteiger partial charge in [-0.15, -0.1) is 0 Å². The third-order valence-electron chi connectivity index (χ3n) is 4.52. The summed E-state index contributed by atoms with van der Waals surface area (Å²) in [6.45, 7) is 2.83. The number of esters is 1. The second-order valence-corrected chi connectivity index (χ2v) is 5.86. The summed E-state index contributed by atoms with van der Waals surface area (Å²) in [6.07, 6.45) is 13.5. The van der Waals surface area contributed by atoms with E-state index in [4.69, 9.17) is 4.74 Å². The number of hydrogen-bond donors (Lipinski definition) is 0. The van der Waals surface area contributed by atoms with Gasteiger partial charge in [0, 0.05) is 0 Å². The van der Waals surface area contributed by atoms with E-state index in [1.54, 1.807) is 0 Å². The van der Waals surface area contributed by atoms with Gasteiger partial charge in [-0.3, -0.25) is 4.79 Å². The van der Waals surface area contributed by atoms with Gasteiger partial charge in [-0.2, -0.15) is 0 Å². The first-order chi connectivity index (χ1) is 8.79. The molecule has 0 aromatic rings. The first-order valence-corrected chi connectivity index (χ1v) is 7.64. The Morgan fingerprint density at radius 3 is 2.61 bits per heavy atom. The van der Waals surface area contributed by atoms with Crippen LogP contribution in [0.25, 0.3) is 0 Å². The first kappa shape index (κ1) is 13.6. The molecule has 102 valence electrons. The molecule has 0 saturated heterocycles. The van der Waals surface area contributed by atoms with Gasteiger partial charge in [0.25, 0.3) is 0 Å². The van der Waals surface area contributed by atoms with Crippen LogP contribution in [0.15, 0.2) is 11.6 Å². The maximum Gasteiger partial charge on any atom is 0.309 e. The van der Waals surface area contributed by atoms with Crippen LogP contribution in [0, 0.1) is 11.8 Å². The van der Waals surface area contributed by atoms with Crippen LogP contribution in [0.4, 0.5) is 0 Å². The summed E-state index contributed by atoms with van der Waals surface area (Å²) in [5.41, 5.74) is 1.39. The predicted molar refractivity (Wildman–Crippen MR) is 73.2 cm³/mol. The normalized spacial score (nSPS) is 28.7. The zero-order chi connectivity index (χ0) is 12.8. The van der Waals surface area contributed by atoms with Crippen molar-refractivity contribution in [3.05, 3.63) is 11.6 Å². The van der Waals surface area contributed by atoms with E-state index < -0.39 is 0 Å². The minimum Gasteiger partial charge on any atom is -0.461 e. The Hall–Kier alpha value is -0.790. The summed E-state index contributed by atoms with van der Waals surface area (Å²) < 4.78 is 5.14. The SMILES string of the molecule is CCCCCC1CCC(C2=CCC(=O)OC2)CC1. The van der Waals surface area contributed by atoms with Crippen molar-refractivity contribution in [2.24, 2.45) is 11.8 Å². The number of cyclic esters (lactones) is 1. The van der Waals surface area contributed by atoms with Gasteiger partial charge in [0.05, 0.1) is 6.42 Å². The minimum atomic E-state index is -0.0630. The largest absolute Gasteiger partial charge is 0.461 e. The van der Waals surface area contributed by atoms with Gasteiger partial charge >= 0.3 is 5.97 Å². The average molecular weight is 250 g/mol. The molecule has 0 atom stereocenters.